The zero-order valence-electron chi connectivity index (χ0n) is 12.9. The third kappa shape index (κ3) is 3.32. The van der Waals surface area contributed by atoms with Crippen LogP contribution in [0.3, 0.4) is 0 Å². The second-order valence-electron chi connectivity index (χ2n) is 6.25. The summed E-state index contributed by atoms with van der Waals surface area (Å²) in [5.41, 5.74) is 7.35. The molecule has 2 heterocycles. The van der Waals surface area contributed by atoms with Crippen LogP contribution in [0.15, 0.2) is 12.7 Å². The number of aryl methyl sites for hydroxylation is 1. The molecule has 6 nitrogen and oxygen atoms in total. The Bertz CT molecular complexity index is 601. The minimum Gasteiger partial charge on any atom is -0.382 e. The summed E-state index contributed by atoms with van der Waals surface area (Å²) in [6.45, 7) is 7.85. The van der Waals surface area contributed by atoms with E-state index in [1.165, 1.54) is 25.7 Å². The van der Waals surface area contributed by atoms with Gasteiger partial charge in [0.15, 0.2) is 11.5 Å². The molecule has 0 saturated heterocycles. The number of aromatic nitrogens is 4. The molecule has 0 atom stereocenters. The van der Waals surface area contributed by atoms with Gasteiger partial charge in [-0.25, -0.2) is 15.0 Å². The van der Waals surface area contributed by atoms with Gasteiger partial charge in [-0.15, -0.1) is 0 Å². The lowest BCUT2D eigenvalue weighted by Crippen LogP contribution is -2.34. The molecule has 0 aromatic carbocycles. The zero-order chi connectivity index (χ0) is 14.8. The molecule has 2 aromatic heterocycles. The Labute approximate surface area is 125 Å². The predicted octanol–water partition coefficient (Wildman–Crippen LogP) is 1.92. The Morgan fingerprint density at radius 1 is 1.33 bits per heavy atom. The van der Waals surface area contributed by atoms with Gasteiger partial charge in [0.1, 0.15) is 11.8 Å². The average Bonchev–Trinajstić information content (AvgIpc) is 3.17. The summed E-state index contributed by atoms with van der Waals surface area (Å²) in [5, 5.41) is 0. The maximum absolute atomic E-state index is 5.81. The molecule has 2 aromatic rings. The van der Waals surface area contributed by atoms with Crippen molar-refractivity contribution in [2.24, 2.45) is 5.92 Å². The van der Waals surface area contributed by atoms with Crippen LogP contribution in [0.4, 0.5) is 5.82 Å². The number of nitrogens with two attached hydrogens (primary N) is 1. The molecule has 1 aliphatic carbocycles. The van der Waals surface area contributed by atoms with Gasteiger partial charge in [0.05, 0.1) is 6.33 Å². The summed E-state index contributed by atoms with van der Waals surface area (Å²) in [6.07, 6.45) is 7.23. The van der Waals surface area contributed by atoms with E-state index < -0.39 is 0 Å². The SMILES string of the molecule is CC(C)N(CCCn1cnc2c(N)ncnc21)CC1CC1. The van der Waals surface area contributed by atoms with Crippen molar-refractivity contribution < 1.29 is 0 Å². The lowest BCUT2D eigenvalue weighted by molar-refractivity contribution is 0.207. The number of nitrogen functional groups attached to an aromatic ring is 1. The molecular weight excluding hydrogens is 264 g/mol. The molecule has 0 aliphatic heterocycles. The van der Waals surface area contributed by atoms with Crippen molar-refractivity contribution in [3.63, 3.8) is 0 Å². The molecule has 1 aliphatic rings. The van der Waals surface area contributed by atoms with Gasteiger partial charge in [0.25, 0.3) is 0 Å². The molecule has 21 heavy (non-hydrogen) atoms. The lowest BCUT2D eigenvalue weighted by atomic mass is 10.2. The largest absolute Gasteiger partial charge is 0.382 e. The van der Waals surface area contributed by atoms with Crippen LogP contribution in [0.2, 0.25) is 0 Å². The molecule has 3 rings (SSSR count). The number of imidazole rings is 1. The second kappa shape index (κ2) is 5.97. The highest BCUT2D eigenvalue weighted by molar-refractivity contribution is 5.80. The summed E-state index contributed by atoms with van der Waals surface area (Å²) >= 11 is 0. The first-order valence-corrected chi connectivity index (χ1v) is 7.80. The Hall–Kier alpha value is -1.69. The van der Waals surface area contributed by atoms with Gasteiger partial charge in [-0.3, -0.25) is 0 Å². The smallest absolute Gasteiger partial charge is 0.165 e. The number of fused-ring (bicyclic) bond motifs is 1. The molecule has 0 bridgehead atoms. The third-order valence-electron chi connectivity index (χ3n) is 4.19. The number of hydrogen-bond acceptors (Lipinski definition) is 5. The summed E-state index contributed by atoms with van der Waals surface area (Å²) in [5.74, 6) is 1.39. The minimum absolute atomic E-state index is 0.455. The second-order valence-corrected chi connectivity index (χ2v) is 6.25. The number of anilines is 1. The number of rotatable bonds is 7. The molecule has 2 N–H and O–H groups in total. The fraction of sp³-hybridized carbons (Fsp3) is 0.667. The van der Waals surface area contributed by atoms with Gasteiger partial charge >= 0.3 is 0 Å². The van der Waals surface area contributed by atoms with E-state index in [0.29, 0.717) is 17.4 Å². The highest BCUT2D eigenvalue weighted by atomic mass is 15.2. The molecule has 1 saturated carbocycles. The van der Waals surface area contributed by atoms with Crippen LogP contribution in [-0.4, -0.2) is 43.6 Å². The highest BCUT2D eigenvalue weighted by Crippen LogP contribution is 2.30. The van der Waals surface area contributed by atoms with Crippen LogP contribution in [0.5, 0.6) is 0 Å². The summed E-state index contributed by atoms with van der Waals surface area (Å²) in [6, 6.07) is 0.614. The lowest BCUT2D eigenvalue weighted by Gasteiger charge is -2.26. The Kier molecular flexibility index (Phi) is 4.05. The fourth-order valence-electron chi connectivity index (χ4n) is 2.70. The van der Waals surface area contributed by atoms with E-state index in [1.54, 1.807) is 0 Å². The van der Waals surface area contributed by atoms with Gasteiger partial charge in [0, 0.05) is 25.7 Å². The van der Waals surface area contributed by atoms with Gasteiger partial charge in [-0.1, -0.05) is 0 Å². The maximum Gasteiger partial charge on any atom is 0.165 e. The van der Waals surface area contributed by atoms with Crippen molar-refractivity contribution in [3.8, 4) is 0 Å². The molecule has 0 spiro atoms. The van der Waals surface area contributed by atoms with Crippen LogP contribution in [0.25, 0.3) is 11.2 Å². The Balaban J connectivity index is 1.59. The van der Waals surface area contributed by atoms with Crippen molar-refractivity contribution >= 4 is 17.0 Å². The van der Waals surface area contributed by atoms with Crippen LogP contribution < -0.4 is 5.73 Å². The molecule has 114 valence electrons. The van der Waals surface area contributed by atoms with Crippen molar-refractivity contribution in [2.75, 3.05) is 18.8 Å². The van der Waals surface area contributed by atoms with E-state index in [0.717, 1.165) is 31.1 Å². The van der Waals surface area contributed by atoms with Gasteiger partial charge < -0.3 is 15.2 Å². The van der Waals surface area contributed by atoms with E-state index in [2.05, 4.69) is 38.3 Å². The summed E-state index contributed by atoms with van der Waals surface area (Å²) < 4.78 is 2.07. The first-order valence-electron chi connectivity index (χ1n) is 7.80. The van der Waals surface area contributed by atoms with E-state index in [-0.39, 0.29) is 0 Å². The predicted molar refractivity (Wildman–Crippen MR) is 83.8 cm³/mol. The standard InChI is InChI=1S/C15H24N6/c1-11(2)20(8-12-4-5-12)6-3-7-21-10-19-13-14(16)17-9-18-15(13)21/h9-12H,3-8H2,1-2H3,(H2,16,17,18). The normalized spacial score (nSPS) is 15.4. The summed E-state index contributed by atoms with van der Waals surface area (Å²) in [7, 11) is 0. The number of nitrogens with zero attached hydrogens (tertiary/aromatic N) is 5. The van der Waals surface area contributed by atoms with Crippen LogP contribution >= 0.6 is 0 Å². The van der Waals surface area contributed by atoms with E-state index >= 15 is 0 Å². The fourth-order valence-corrected chi connectivity index (χ4v) is 2.70. The van der Waals surface area contributed by atoms with Gasteiger partial charge in [-0.2, -0.15) is 0 Å². The number of hydrogen-bond donors (Lipinski definition) is 1. The van der Waals surface area contributed by atoms with Gasteiger partial charge in [-0.05, 0) is 39.0 Å². The highest BCUT2D eigenvalue weighted by Gasteiger charge is 2.25. The first kappa shape index (κ1) is 14.3. The van der Waals surface area contributed by atoms with Crippen molar-refractivity contribution in [1.82, 2.24) is 24.4 Å². The van der Waals surface area contributed by atoms with Crippen molar-refractivity contribution in [2.45, 2.75) is 45.7 Å². The topological polar surface area (TPSA) is 72.9 Å². The van der Waals surface area contributed by atoms with E-state index in [9.17, 15) is 0 Å². The van der Waals surface area contributed by atoms with Gasteiger partial charge in [0.2, 0.25) is 0 Å². The molecule has 0 radical (unpaired) electrons. The van der Waals surface area contributed by atoms with Crippen LogP contribution in [0.1, 0.15) is 33.1 Å². The van der Waals surface area contributed by atoms with Crippen LogP contribution in [-0.2, 0) is 6.54 Å². The molecule has 1 fully saturated rings. The molecule has 0 amide bonds. The Morgan fingerprint density at radius 2 is 2.14 bits per heavy atom. The Morgan fingerprint density at radius 3 is 2.86 bits per heavy atom. The van der Waals surface area contributed by atoms with Crippen LogP contribution in [0, 0.1) is 5.92 Å². The van der Waals surface area contributed by atoms with Crippen molar-refractivity contribution in [1.29, 1.82) is 0 Å². The van der Waals surface area contributed by atoms with E-state index in [1.807, 2.05) is 6.33 Å². The third-order valence-corrected chi connectivity index (χ3v) is 4.19. The minimum atomic E-state index is 0.455. The maximum atomic E-state index is 5.81. The molecule has 6 heteroatoms. The zero-order valence-corrected chi connectivity index (χ0v) is 12.9. The monoisotopic (exact) mass is 288 g/mol. The first-order chi connectivity index (χ1) is 10.1. The van der Waals surface area contributed by atoms with Crippen molar-refractivity contribution in [3.05, 3.63) is 12.7 Å². The molecular formula is C15H24N6. The quantitative estimate of drug-likeness (QED) is 0.842. The summed E-state index contributed by atoms with van der Waals surface area (Å²) in [4.78, 5) is 15.2. The molecule has 0 unspecified atom stereocenters. The van der Waals surface area contributed by atoms with E-state index in [4.69, 9.17) is 5.73 Å². The average molecular weight is 288 g/mol.